The zero-order valence-corrected chi connectivity index (χ0v) is 42.5. The smallest absolute Gasteiger partial charge is 0.306 e. The van der Waals surface area contributed by atoms with Crippen LogP contribution < -0.4 is 0 Å². The molecule has 0 spiro atoms. The molecule has 0 bridgehead atoms. The first-order chi connectivity index (χ1) is 30.2. The van der Waals surface area contributed by atoms with Gasteiger partial charge in [-0.1, -0.05) is 272 Å². The van der Waals surface area contributed by atoms with Gasteiger partial charge >= 0.3 is 17.9 Å². The van der Waals surface area contributed by atoms with Gasteiger partial charge in [-0.05, 0) is 31.1 Å². The fourth-order valence-electron chi connectivity index (χ4n) is 8.52. The third kappa shape index (κ3) is 49.4. The van der Waals surface area contributed by atoms with Crippen LogP contribution in [0.5, 0.6) is 0 Å². The lowest BCUT2D eigenvalue weighted by Crippen LogP contribution is -2.30. The second-order valence-electron chi connectivity index (χ2n) is 20.2. The number of ether oxygens (including phenoxy) is 3. The highest BCUT2D eigenvalue weighted by atomic mass is 16.6. The molecule has 0 unspecified atom stereocenters. The number of carbonyl (C=O) groups excluding carboxylic acids is 3. The predicted molar refractivity (Wildman–Crippen MR) is 266 cm³/mol. The van der Waals surface area contributed by atoms with E-state index in [0.29, 0.717) is 19.3 Å². The first kappa shape index (κ1) is 60.4. The molecule has 368 valence electrons. The third-order valence-electron chi connectivity index (χ3n) is 12.7. The summed E-state index contributed by atoms with van der Waals surface area (Å²) in [5.74, 6) is 0.828. The number of carbonyl (C=O) groups is 3. The molecule has 0 fully saturated rings. The van der Waals surface area contributed by atoms with Crippen LogP contribution in [0.25, 0.3) is 0 Å². The number of unbranched alkanes of at least 4 members (excludes halogenated alkanes) is 35. The Hall–Kier alpha value is -1.59. The van der Waals surface area contributed by atoms with Gasteiger partial charge in [0.05, 0.1) is 0 Å². The molecular formula is C56H108O6. The standard InChI is InChI=1S/C56H108O6/c1-6-7-8-9-10-11-12-15-21-26-31-36-41-46-54(57)60-49-53(50-61-55(58)47-42-37-32-27-23-18-20-25-30-35-40-45-52(4)5)62-56(59)48-43-38-33-28-22-17-14-13-16-19-24-29-34-39-44-51(2)3/h51-53H,6-50H2,1-5H3/t53-/m1/s1. The van der Waals surface area contributed by atoms with E-state index in [1.165, 1.54) is 199 Å². The summed E-state index contributed by atoms with van der Waals surface area (Å²) in [5.41, 5.74) is 0. The molecule has 0 heterocycles. The molecule has 0 aliphatic heterocycles. The van der Waals surface area contributed by atoms with Crippen molar-refractivity contribution in [2.45, 2.75) is 317 Å². The van der Waals surface area contributed by atoms with Crippen molar-refractivity contribution >= 4 is 17.9 Å². The van der Waals surface area contributed by atoms with Gasteiger partial charge < -0.3 is 14.2 Å². The van der Waals surface area contributed by atoms with Crippen LogP contribution in [-0.4, -0.2) is 37.2 Å². The zero-order valence-electron chi connectivity index (χ0n) is 42.5. The van der Waals surface area contributed by atoms with Crippen molar-refractivity contribution < 1.29 is 28.6 Å². The lowest BCUT2D eigenvalue weighted by atomic mass is 10.0. The highest BCUT2D eigenvalue weighted by molar-refractivity contribution is 5.71. The SMILES string of the molecule is CCCCCCCCCCCCCCCC(=O)OC[C@H](COC(=O)CCCCCCCCCCCCCC(C)C)OC(=O)CCCCCCCCCCCCCCCCC(C)C. The van der Waals surface area contributed by atoms with Gasteiger partial charge in [-0.3, -0.25) is 14.4 Å². The zero-order chi connectivity index (χ0) is 45.4. The van der Waals surface area contributed by atoms with Crippen molar-refractivity contribution in [3.05, 3.63) is 0 Å². The van der Waals surface area contributed by atoms with Gasteiger partial charge in [0.2, 0.25) is 0 Å². The summed E-state index contributed by atoms with van der Waals surface area (Å²) in [7, 11) is 0. The second-order valence-corrected chi connectivity index (χ2v) is 20.2. The molecular weight excluding hydrogens is 769 g/mol. The van der Waals surface area contributed by atoms with Gasteiger partial charge in [0.1, 0.15) is 13.2 Å². The van der Waals surface area contributed by atoms with Crippen molar-refractivity contribution in [3.63, 3.8) is 0 Å². The van der Waals surface area contributed by atoms with Crippen LogP contribution in [0, 0.1) is 11.8 Å². The van der Waals surface area contributed by atoms with Crippen molar-refractivity contribution in [1.29, 1.82) is 0 Å². The fourth-order valence-corrected chi connectivity index (χ4v) is 8.52. The highest BCUT2D eigenvalue weighted by Gasteiger charge is 2.19. The molecule has 0 aliphatic carbocycles. The average Bonchev–Trinajstić information content (AvgIpc) is 3.24. The molecule has 0 rings (SSSR count). The minimum Gasteiger partial charge on any atom is -0.462 e. The van der Waals surface area contributed by atoms with E-state index in [-0.39, 0.29) is 31.1 Å². The van der Waals surface area contributed by atoms with Gasteiger partial charge in [-0.25, -0.2) is 0 Å². The summed E-state index contributed by atoms with van der Waals surface area (Å²) >= 11 is 0. The van der Waals surface area contributed by atoms with E-state index in [4.69, 9.17) is 14.2 Å². The lowest BCUT2D eigenvalue weighted by Gasteiger charge is -2.18. The Morgan fingerprint density at radius 1 is 0.306 bits per heavy atom. The maximum Gasteiger partial charge on any atom is 0.306 e. The summed E-state index contributed by atoms with van der Waals surface area (Å²) < 4.78 is 16.9. The number of hydrogen-bond donors (Lipinski definition) is 0. The summed E-state index contributed by atoms with van der Waals surface area (Å²) in [6, 6.07) is 0. The molecule has 0 aromatic heterocycles. The normalized spacial score (nSPS) is 12.0. The Morgan fingerprint density at radius 3 is 0.790 bits per heavy atom. The molecule has 62 heavy (non-hydrogen) atoms. The van der Waals surface area contributed by atoms with Gasteiger partial charge in [0.15, 0.2) is 6.10 Å². The van der Waals surface area contributed by atoms with E-state index >= 15 is 0 Å². The van der Waals surface area contributed by atoms with Gasteiger partial charge in [0.25, 0.3) is 0 Å². The van der Waals surface area contributed by atoms with E-state index in [9.17, 15) is 14.4 Å². The predicted octanol–water partition coefficient (Wildman–Crippen LogP) is 18.1. The van der Waals surface area contributed by atoms with Crippen LogP contribution in [0.15, 0.2) is 0 Å². The van der Waals surface area contributed by atoms with Crippen LogP contribution >= 0.6 is 0 Å². The molecule has 0 amide bonds. The molecule has 0 radical (unpaired) electrons. The van der Waals surface area contributed by atoms with Crippen molar-refractivity contribution in [1.82, 2.24) is 0 Å². The number of rotatable bonds is 50. The molecule has 0 saturated carbocycles. The monoisotopic (exact) mass is 877 g/mol. The van der Waals surface area contributed by atoms with E-state index in [0.717, 1.165) is 69.6 Å². The molecule has 0 aliphatic rings. The van der Waals surface area contributed by atoms with Crippen LogP contribution in [-0.2, 0) is 28.6 Å². The molecule has 1 atom stereocenters. The van der Waals surface area contributed by atoms with E-state index in [2.05, 4.69) is 34.6 Å². The summed E-state index contributed by atoms with van der Waals surface area (Å²) in [6.45, 7) is 11.4. The topological polar surface area (TPSA) is 78.9 Å². The van der Waals surface area contributed by atoms with E-state index in [1.807, 2.05) is 0 Å². The molecule has 0 aromatic carbocycles. The minimum atomic E-state index is -0.762. The maximum atomic E-state index is 12.8. The average molecular weight is 877 g/mol. The van der Waals surface area contributed by atoms with Crippen LogP contribution in [0.3, 0.4) is 0 Å². The molecule has 0 saturated heterocycles. The molecule has 6 heteroatoms. The van der Waals surface area contributed by atoms with Crippen molar-refractivity contribution in [2.75, 3.05) is 13.2 Å². The first-order valence-corrected chi connectivity index (χ1v) is 27.7. The Balaban J connectivity index is 4.30. The Morgan fingerprint density at radius 2 is 0.532 bits per heavy atom. The summed E-state index contributed by atoms with van der Waals surface area (Å²) in [4.78, 5) is 38.1. The van der Waals surface area contributed by atoms with Crippen LogP contribution in [0.4, 0.5) is 0 Å². The van der Waals surface area contributed by atoms with Crippen molar-refractivity contribution in [3.8, 4) is 0 Å². The van der Waals surface area contributed by atoms with Gasteiger partial charge in [-0.15, -0.1) is 0 Å². The molecule has 0 aromatic rings. The minimum absolute atomic E-state index is 0.0630. The molecule has 0 N–H and O–H groups in total. The lowest BCUT2D eigenvalue weighted by molar-refractivity contribution is -0.167. The third-order valence-corrected chi connectivity index (χ3v) is 12.7. The Bertz CT molecular complexity index is 947. The van der Waals surface area contributed by atoms with Gasteiger partial charge in [-0.2, -0.15) is 0 Å². The summed E-state index contributed by atoms with van der Waals surface area (Å²) in [6.07, 6.45) is 50.9. The fraction of sp³-hybridized carbons (Fsp3) is 0.946. The van der Waals surface area contributed by atoms with Crippen LogP contribution in [0.2, 0.25) is 0 Å². The van der Waals surface area contributed by atoms with Gasteiger partial charge in [0, 0.05) is 19.3 Å². The van der Waals surface area contributed by atoms with Crippen LogP contribution in [0.1, 0.15) is 311 Å². The largest absolute Gasteiger partial charge is 0.462 e. The summed E-state index contributed by atoms with van der Waals surface area (Å²) in [5, 5.41) is 0. The number of esters is 3. The maximum absolute atomic E-state index is 12.8. The van der Waals surface area contributed by atoms with E-state index in [1.54, 1.807) is 0 Å². The Labute approximate surface area is 387 Å². The number of hydrogen-bond acceptors (Lipinski definition) is 6. The Kier molecular flexibility index (Phi) is 47.6. The second kappa shape index (κ2) is 48.9. The van der Waals surface area contributed by atoms with E-state index < -0.39 is 6.10 Å². The first-order valence-electron chi connectivity index (χ1n) is 27.7. The van der Waals surface area contributed by atoms with Crippen molar-refractivity contribution in [2.24, 2.45) is 11.8 Å². The quantitative estimate of drug-likeness (QED) is 0.0344. The molecule has 6 nitrogen and oxygen atoms in total. The highest BCUT2D eigenvalue weighted by Crippen LogP contribution is 2.18.